The number of benzene rings is 3. The Labute approximate surface area is 229 Å². The summed E-state index contributed by atoms with van der Waals surface area (Å²) in [5.41, 5.74) is 5.20. The van der Waals surface area contributed by atoms with E-state index in [-0.39, 0.29) is 5.56 Å². The Balaban J connectivity index is 1.45. The molecular weight excluding hydrogens is 506 g/mol. The van der Waals surface area contributed by atoms with E-state index in [0.717, 1.165) is 39.4 Å². The van der Waals surface area contributed by atoms with Gasteiger partial charge in [0, 0.05) is 22.9 Å². The zero-order valence-corrected chi connectivity index (χ0v) is 22.7. The summed E-state index contributed by atoms with van der Waals surface area (Å²) in [6, 6.07) is 25.7. The summed E-state index contributed by atoms with van der Waals surface area (Å²) in [7, 11) is 0. The highest BCUT2D eigenvalue weighted by Crippen LogP contribution is 2.29. The maximum Gasteiger partial charge on any atom is 0.291 e. The van der Waals surface area contributed by atoms with Crippen molar-refractivity contribution in [2.45, 2.75) is 20.8 Å². The van der Waals surface area contributed by atoms with Crippen molar-refractivity contribution in [3.05, 3.63) is 111 Å². The molecule has 0 aliphatic heterocycles. The van der Waals surface area contributed by atoms with Crippen LogP contribution in [0.5, 0.6) is 5.75 Å². The molecule has 6 rings (SSSR count). The highest BCUT2D eigenvalue weighted by atomic mass is 32.1. The molecule has 0 saturated carbocycles. The molecule has 0 aliphatic carbocycles. The second-order valence-corrected chi connectivity index (χ2v) is 10.8. The number of aryl methyl sites for hydroxylation is 1. The van der Waals surface area contributed by atoms with Crippen LogP contribution in [-0.2, 0) is 0 Å². The zero-order chi connectivity index (χ0) is 26.9. The van der Waals surface area contributed by atoms with Gasteiger partial charge in [-0.15, -0.1) is 5.10 Å². The Morgan fingerprint density at radius 1 is 0.949 bits per heavy atom. The number of para-hydroxylation sites is 1. The van der Waals surface area contributed by atoms with Crippen LogP contribution in [0.3, 0.4) is 0 Å². The third kappa shape index (κ3) is 4.98. The van der Waals surface area contributed by atoms with Gasteiger partial charge in [-0.05, 0) is 54.8 Å². The number of rotatable bonds is 7. The van der Waals surface area contributed by atoms with E-state index in [1.165, 1.54) is 15.9 Å². The van der Waals surface area contributed by atoms with Crippen LogP contribution in [0.15, 0.2) is 89.9 Å². The minimum Gasteiger partial charge on any atom is -0.493 e. The molecule has 0 radical (unpaired) electrons. The normalized spacial score (nSPS) is 12.1. The van der Waals surface area contributed by atoms with Crippen molar-refractivity contribution in [1.29, 1.82) is 0 Å². The lowest BCUT2D eigenvalue weighted by Crippen LogP contribution is -2.23. The Morgan fingerprint density at radius 2 is 1.69 bits per heavy atom. The number of thiazole rings is 1. The highest BCUT2D eigenvalue weighted by Gasteiger charge is 2.16. The molecule has 0 amide bonds. The zero-order valence-electron chi connectivity index (χ0n) is 21.9. The molecule has 6 aromatic rings. The summed E-state index contributed by atoms with van der Waals surface area (Å²) in [6.07, 6.45) is 3.83. The summed E-state index contributed by atoms with van der Waals surface area (Å²) in [6.45, 7) is 6.96. The standard InChI is InChI=1S/C31H27N5O2S/c1-20(2)19-38-26-15-14-23(16-21(26)3)28-24(18-35(33-28)25-12-8-5-9-13-25)17-27-30(37)36-31(39-27)32-29(34-36)22-10-6-4-7-11-22/h4-18,20H,19H2,1-3H3. The maximum absolute atomic E-state index is 13.3. The molecule has 0 atom stereocenters. The smallest absolute Gasteiger partial charge is 0.291 e. The van der Waals surface area contributed by atoms with E-state index < -0.39 is 0 Å². The van der Waals surface area contributed by atoms with Crippen LogP contribution in [0.1, 0.15) is 25.0 Å². The molecule has 3 aromatic carbocycles. The first-order chi connectivity index (χ1) is 19.0. The Hall–Kier alpha value is -4.56. The van der Waals surface area contributed by atoms with Crippen LogP contribution >= 0.6 is 11.3 Å². The van der Waals surface area contributed by atoms with Gasteiger partial charge in [0.15, 0.2) is 5.82 Å². The van der Waals surface area contributed by atoms with Crippen LogP contribution < -0.4 is 14.8 Å². The van der Waals surface area contributed by atoms with Crippen LogP contribution in [0.2, 0.25) is 0 Å². The lowest BCUT2D eigenvalue weighted by atomic mass is 10.0. The molecule has 0 unspecified atom stereocenters. The lowest BCUT2D eigenvalue weighted by Gasteiger charge is -2.12. The van der Waals surface area contributed by atoms with Crippen LogP contribution in [0.25, 0.3) is 39.4 Å². The Bertz CT molecular complexity index is 1870. The third-order valence-electron chi connectivity index (χ3n) is 6.28. The van der Waals surface area contributed by atoms with E-state index in [4.69, 9.17) is 9.84 Å². The van der Waals surface area contributed by atoms with Crippen molar-refractivity contribution in [3.63, 3.8) is 0 Å². The van der Waals surface area contributed by atoms with Gasteiger partial charge in [0.25, 0.3) is 5.56 Å². The molecule has 7 nitrogen and oxygen atoms in total. The van der Waals surface area contributed by atoms with Gasteiger partial charge in [0.05, 0.1) is 16.8 Å². The fourth-order valence-electron chi connectivity index (χ4n) is 4.33. The summed E-state index contributed by atoms with van der Waals surface area (Å²) >= 11 is 1.32. The minimum absolute atomic E-state index is 0.197. The van der Waals surface area contributed by atoms with Crippen molar-refractivity contribution in [2.24, 2.45) is 5.92 Å². The molecule has 39 heavy (non-hydrogen) atoms. The largest absolute Gasteiger partial charge is 0.493 e. The van der Waals surface area contributed by atoms with E-state index in [2.05, 4.69) is 30.0 Å². The van der Waals surface area contributed by atoms with Gasteiger partial charge < -0.3 is 4.74 Å². The summed E-state index contributed by atoms with van der Waals surface area (Å²) in [5.74, 6) is 1.85. The molecule has 8 heteroatoms. The second-order valence-electron chi connectivity index (χ2n) is 9.81. The highest BCUT2D eigenvalue weighted by molar-refractivity contribution is 7.15. The molecular formula is C31H27N5O2S. The van der Waals surface area contributed by atoms with Crippen molar-refractivity contribution in [3.8, 4) is 34.1 Å². The van der Waals surface area contributed by atoms with Crippen LogP contribution in [-0.4, -0.2) is 31.0 Å². The predicted molar refractivity (Wildman–Crippen MR) is 155 cm³/mol. The molecule has 0 aliphatic rings. The number of ether oxygens (including phenoxy) is 1. The molecule has 0 saturated heterocycles. The summed E-state index contributed by atoms with van der Waals surface area (Å²) < 4.78 is 9.75. The number of fused-ring (bicyclic) bond motifs is 1. The van der Waals surface area contributed by atoms with Crippen molar-refractivity contribution in [2.75, 3.05) is 6.61 Å². The third-order valence-corrected chi connectivity index (χ3v) is 7.24. The van der Waals surface area contributed by atoms with Crippen molar-refractivity contribution >= 4 is 22.4 Å². The van der Waals surface area contributed by atoms with E-state index in [0.29, 0.717) is 27.8 Å². The quantitative estimate of drug-likeness (QED) is 0.269. The molecule has 3 heterocycles. The minimum atomic E-state index is -0.197. The molecule has 0 bridgehead atoms. The first kappa shape index (κ1) is 24.8. The molecule has 0 N–H and O–H groups in total. The second kappa shape index (κ2) is 10.3. The Morgan fingerprint density at radius 3 is 2.38 bits per heavy atom. The number of aromatic nitrogens is 5. The average molecular weight is 534 g/mol. The van der Waals surface area contributed by atoms with Gasteiger partial charge in [-0.2, -0.15) is 14.6 Å². The predicted octanol–water partition coefficient (Wildman–Crippen LogP) is 5.56. The van der Waals surface area contributed by atoms with E-state index in [9.17, 15) is 4.79 Å². The fraction of sp³-hybridized carbons (Fsp3) is 0.161. The first-order valence-electron chi connectivity index (χ1n) is 12.8. The lowest BCUT2D eigenvalue weighted by molar-refractivity contribution is 0.269. The van der Waals surface area contributed by atoms with Crippen LogP contribution in [0.4, 0.5) is 0 Å². The average Bonchev–Trinajstić information content (AvgIpc) is 3.64. The molecule has 0 spiro atoms. The van der Waals surface area contributed by atoms with E-state index in [1.54, 1.807) is 0 Å². The maximum atomic E-state index is 13.3. The number of hydrogen-bond acceptors (Lipinski definition) is 6. The number of nitrogens with zero attached hydrogens (tertiary/aromatic N) is 5. The van der Waals surface area contributed by atoms with Gasteiger partial charge in [0.1, 0.15) is 11.4 Å². The molecule has 0 fully saturated rings. The molecule has 194 valence electrons. The fourth-order valence-corrected chi connectivity index (χ4v) is 5.23. The van der Waals surface area contributed by atoms with Crippen LogP contribution in [0, 0.1) is 12.8 Å². The van der Waals surface area contributed by atoms with Gasteiger partial charge >= 0.3 is 0 Å². The topological polar surface area (TPSA) is 74.3 Å². The molecule has 3 aromatic heterocycles. The summed E-state index contributed by atoms with van der Waals surface area (Å²) in [5, 5.41) is 9.40. The summed E-state index contributed by atoms with van der Waals surface area (Å²) in [4.78, 5) is 18.5. The van der Waals surface area contributed by atoms with Gasteiger partial charge in [-0.25, -0.2) is 4.68 Å². The Kier molecular flexibility index (Phi) is 6.54. The first-order valence-corrected chi connectivity index (χ1v) is 13.6. The van der Waals surface area contributed by atoms with Crippen molar-refractivity contribution < 1.29 is 4.74 Å². The monoisotopic (exact) mass is 533 g/mol. The van der Waals surface area contributed by atoms with Crippen molar-refractivity contribution in [1.82, 2.24) is 24.4 Å². The SMILES string of the molecule is Cc1cc(-c2nn(-c3ccccc3)cc2C=c2sc3nc(-c4ccccc4)nn3c2=O)ccc1OCC(C)C. The van der Waals surface area contributed by atoms with E-state index in [1.807, 2.05) is 96.7 Å². The van der Waals surface area contributed by atoms with E-state index >= 15 is 0 Å². The van der Waals surface area contributed by atoms with Gasteiger partial charge in [-0.3, -0.25) is 4.79 Å². The number of hydrogen-bond donors (Lipinski definition) is 0. The van der Waals surface area contributed by atoms with Gasteiger partial charge in [0.2, 0.25) is 4.96 Å². The van der Waals surface area contributed by atoms with Gasteiger partial charge in [-0.1, -0.05) is 73.7 Å².